The van der Waals surface area contributed by atoms with Crippen molar-refractivity contribution in [3.05, 3.63) is 23.8 Å². The molecule has 0 aliphatic heterocycles. The van der Waals surface area contributed by atoms with Crippen LogP contribution in [0.4, 0.5) is 11.4 Å². The van der Waals surface area contributed by atoms with Gasteiger partial charge in [-0.3, -0.25) is 4.79 Å². The highest BCUT2D eigenvalue weighted by atomic mass is 35.5. The molecule has 0 unspecified atom stereocenters. The number of hydrogen-bond acceptors (Lipinski definition) is 2. The zero-order chi connectivity index (χ0) is 11.5. The summed E-state index contributed by atoms with van der Waals surface area (Å²) in [6.07, 6.45) is 4.32. The van der Waals surface area contributed by atoms with Crippen molar-refractivity contribution in [2.75, 3.05) is 11.1 Å². The molecule has 0 aromatic heterocycles. The fourth-order valence-corrected chi connectivity index (χ4v) is 1.93. The molecule has 1 aliphatic carbocycles. The Labute approximate surface area is 108 Å². The predicted molar refractivity (Wildman–Crippen MR) is 73.4 cm³/mol. The fourth-order valence-electron chi connectivity index (χ4n) is 1.93. The van der Waals surface area contributed by atoms with Crippen LogP contribution in [0.15, 0.2) is 18.2 Å². The molecule has 0 atom stereocenters. The summed E-state index contributed by atoms with van der Waals surface area (Å²) in [5.74, 6) is 0.708. The van der Waals surface area contributed by atoms with Gasteiger partial charge >= 0.3 is 0 Å². The molecule has 94 valence electrons. The number of nitrogens with two attached hydrogens (primary N) is 1. The van der Waals surface area contributed by atoms with Crippen molar-refractivity contribution >= 4 is 29.7 Å². The van der Waals surface area contributed by atoms with Gasteiger partial charge in [-0.25, -0.2) is 0 Å². The van der Waals surface area contributed by atoms with Crippen LogP contribution in [0.1, 0.15) is 31.2 Å². The molecule has 1 saturated carbocycles. The lowest BCUT2D eigenvalue weighted by atomic mass is 9.83. The van der Waals surface area contributed by atoms with E-state index in [0.717, 1.165) is 11.3 Å². The summed E-state index contributed by atoms with van der Waals surface area (Å²) < 4.78 is 0. The van der Waals surface area contributed by atoms with Gasteiger partial charge in [0.15, 0.2) is 0 Å². The first-order valence-electron chi connectivity index (χ1n) is 5.81. The van der Waals surface area contributed by atoms with E-state index in [1.807, 2.05) is 25.1 Å². The second-order valence-electron chi connectivity index (χ2n) is 4.62. The van der Waals surface area contributed by atoms with Crippen LogP contribution in [-0.4, -0.2) is 5.91 Å². The van der Waals surface area contributed by atoms with Crippen LogP contribution in [0, 0.1) is 12.8 Å². The van der Waals surface area contributed by atoms with E-state index in [2.05, 4.69) is 5.32 Å². The third-order valence-corrected chi connectivity index (χ3v) is 3.23. The van der Waals surface area contributed by atoms with E-state index < -0.39 is 0 Å². The van der Waals surface area contributed by atoms with E-state index in [4.69, 9.17) is 5.73 Å². The first kappa shape index (κ1) is 13.8. The molecule has 17 heavy (non-hydrogen) atoms. The van der Waals surface area contributed by atoms with Crippen molar-refractivity contribution in [1.29, 1.82) is 0 Å². The van der Waals surface area contributed by atoms with Crippen LogP contribution in [-0.2, 0) is 4.79 Å². The number of carbonyl (C=O) groups excluding carboxylic acids is 1. The number of amides is 1. The van der Waals surface area contributed by atoms with Gasteiger partial charge in [0, 0.05) is 17.8 Å². The Balaban J connectivity index is 0.00000144. The lowest BCUT2D eigenvalue weighted by Gasteiger charge is -2.24. The quantitative estimate of drug-likeness (QED) is 0.815. The number of benzene rings is 1. The van der Waals surface area contributed by atoms with Crippen molar-refractivity contribution in [2.45, 2.75) is 32.6 Å². The van der Waals surface area contributed by atoms with Gasteiger partial charge in [0.25, 0.3) is 0 Å². The SMILES string of the molecule is Cc1ccc(N)cc1NC(=O)CC1CCC1.Cl. The summed E-state index contributed by atoms with van der Waals surface area (Å²) in [5.41, 5.74) is 8.26. The van der Waals surface area contributed by atoms with Crippen LogP contribution in [0.25, 0.3) is 0 Å². The van der Waals surface area contributed by atoms with Crippen molar-refractivity contribution < 1.29 is 4.79 Å². The molecule has 3 N–H and O–H groups in total. The molecule has 1 amide bonds. The minimum Gasteiger partial charge on any atom is -0.399 e. The van der Waals surface area contributed by atoms with E-state index >= 15 is 0 Å². The van der Waals surface area contributed by atoms with E-state index in [1.165, 1.54) is 19.3 Å². The Kier molecular flexibility index (Phi) is 4.82. The number of nitrogen functional groups attached to an aromatic ring is 1. The smallest absolute Gasteiger partial charge is 0.224 e. The molecule has 0 saturated heterocycles. The number of halogens is 1. The van der Waals surface area contributed by atoms with Gasteiger partial charge < -0.3 is 11.1 Å². The molecule has 2 rings (SSSR count). The Morgan fingerprint density at radius 3 is 2.76 bits per heavy atom. The van der Waals surface area contributed by atoms with Crippen LogP contribution >= 0.6 is 12.4 Å². The zero-order valence-electron chi connectivity index (χ0n) is 10.0. The topological polar surface area (TPSA) is 55.1 Å². The maximum absolute atomic E-state index is 11.7. The van der Waals surface area contributed by atoms with Gasteiger partial charge in [-0.1, -0.05) is 12.5 Å². The number of anilines is 2. The number of rotatable bonds is 3. The van der Waals surface area contributed by atoms with E-state index in [-0.39, 0.29) is 18.3 Å². The summed E-state index contributed by atoms with van der Waals surface area (Å²) >= 11 is 0. The van der Waals surface area contributed by atoms with Crippen LogP contribution in [0.2, 0.25) is 0 Å². The summed E-state index contributed by atoms with van der Waals surface area (Å²) in [6, 6.07) is 5.58. The first-order chi connectivity index (χ1) is 7.65. The largest absolute Gasteiger partial charge is 0.399 e. The predicted octanol–water partition coefficient (Wildman–Crippen LogP) is 3.13. The monoisotopic (exact) mass is 254 g/mol. The lowest BCUT2D eigenvalue weighted by Crippen LogP contribution is -2.21. The van der Waals surface area contributed by atoms with Crippen LogP contribution in [0.3, 0.4) is 0 Å². The Hall–Kier alpha value is -1.22. The molecule has 1 aromatic rings. The van der Waals surface area contributed by atoms with E-state index in [1.54, 1.807) is 0 Å². The van der Waals surface area contributed by atoms with Crippen molar-refractivity contribution in [2.24, 2.45) is 5.92 Å². The third-order valence-electron chi connectivity index (χ3n) is 3.23. The average molecular weight is 255 g/mol. The summed E-state index contributed by atoms with van der Waals surface area (Å²) in [4.78, 5) is 11.7. The molecule has 1 aliphatic rings. The average Bonchev–Trinajstić information content (AvgIpc) is 2.18. The third kappa shape index (κ3) is 3.63. The maximum Gasteiger partial charge on any atom is 0.224 e. The highest BCUT2D eigenvalue weighted by molar-refractivity contribution is 5.92. The van der Waals surface area contributed by atoms with Gasteiger partial charge in [-0.15, -0.1) is 12.4 Å². The molecule has 1 fully saturated rings. The molecule has 4 heteroatoms. The van der Waals surface area contributed by atoms with Crippen molar-refractivity contribution in [3.63, 3.8) is 0 Å². The minimum absolute atomic E-state index is 0. The van der Waals surface area contributed by atoms with E-state index in [0.29, 0.717) is 18.0 Å². The molecule has 0 heterocycles. The Morgan fingerprint density at radius 1 is 1.47 bits per heavy atom. The molecular formula is C13H19ClN2O. The first-order valence-corrected chi connectivity index (χ1v) is 5.81. The highest BCUT2D eigenvalue weighted by Crippen LogP contribution is 2.29. The number of nitrogens with one attached hydrogen (secondary N) is 1. The summed E-state index contributed by atoms with van der Waals surface area (Å²) in [5, 5.41) is 2.93. The Bertz CT molecular complexity index is 402. The van der Waals surface area contributed by atoms with Gasteiger partial charge in [-0.2, -0.15) is 0 Å². The lowest BCUT2D eigenvalue weighted by molar-refractivity contribution is -0.117. The van der Waals surface area contributed by atoms with E-state index in [9.17, 15) is 4.79 Å². The van der Waals surface area contributed by atoms with Crippen LogP contribution in [0.5, 0.6) is 0 Å². The number of carbonyl (C=O) groups is 1. The van der Waals surface area contributed by atoms with Crippen LogP contribution < -0.4 is 11.1 Å². The summed E-state index contributed by atoms with van der Waals surface area (Å²) in [7, 11) is 0. The number of aryl methyl sites for hydroxylation is 1. The zero-order valence-corrected chi connectivity index (χ0v) is 10.8. The highest BCUT2D eigenvalue weighted by Gasteiger charge is 2.20. The summed E-state index contributed by atoms with van der Waals surface area (Å²) in [6.45, 7) is 1.97. The molecule has 0 bridgehead atoms. The Morgan fingerprint density at radius 2 is 2.18 bits per heavy atom. The molecular weight excluding hydrogens is 236 g/mol. The normalized spacial score (nSPS) is 14.6. The second-order valence-corrected chi connectivity index (χ2v) is 4.62. The second kappa shape index (κ2) is 5.92. The fraction of sp³-hybridized carbons (Fsp3) is 0.462. The minimum atomic E-state index is 0. The standard InChI is InChI=1S/C13H18N2O.ClH/c1-9-5-6-11(14)8-12(9)15-13(16)7-10-3-2-4-10;/h5-6,8,10H,2-4,7,14H2,1H3,(H,15,16);1H. The number of hydrogen-bond donors (Lipinski definition) is 2. The van der Waals surface area contributed by atoms with Crippen molar-refractivity contribution in [1.82, 2.24) is 0 Å². The van der Waals surface area contributed by atoms with Gasteiger partial charge in [-0.05, 0) is 43.4 Å². The van der Waals surface area contributed by atoms with Gasteiger partial charge in [0.05, 0.1) is 0 Å². The van der Waals surface area contributed by atoms with Gasteiger partial charge in [0.2, 0.25) is 5.91 Å². The molecule has 0 spiro atoms. The molecule has 3 nitrogen and oxygen atoms in total. The maximum atomic E-state index is 11.7. The van der Waals surface area contributed by atoms with Gasteiger partial charge in [0.1, 0.15) is 0 Å². The molecule has 1 aromatic carbocycles. The van der Waals surface area contributed by atoms with Crippen molar-refractivity contribution in [3.8, 4) is 0 Å². The molecule has 0 radical (unpaired) electrons.